The number of hydrogen-bond acceptors (Lipinski definition) is 4. The maximum absolute atomic E-state index is 12.6. The number of carboxylic acid groups (broad SMARTS) is 1. The molecular weight excluding hydrogens is 307 g/mol. The van der Waals surface area contributed by atoms with Crippen LogP contribution >= 0.6 is 0 Å². The lowest BCUT2D eigenvalue weighted by Gasteiger charge is -2.04. The number of amides is 1. The van der Waals surface area contributed by atoms with Crippen LogP contribution in [0.3, 0.4) is 0 Å². The van der Waals surface area contributed by atoms with E-state index in [9.17, 15) is 22.8 Å². The van der Waals surface area contributed by atoms with Crippen LogP contribution in [0.1, 0.15) is 26.7 Å². The number of halogens is 3. The van der Waals surface area contributed by atoms with Crippen molar-refractivity contribution in [3.05, 3.63) is 29.3 Å². The topological polar surface area (TPSA) is 102 Å². The van der Waals surface area contributed by atoms with Crippen molar-refractivity contribution in [1.82, 2.24) is 19.6 Å². The van der Waals surface area contributed by atoms with Crippen LogP contribution in [0.15, 0.2) is 12.3 Å². The van der Waals surface area contributed by atoms with E-state index in [1.54, 1.807) is 0 Å². The molecule has 0 radical (unpaired) electrons. The molecule has 0 aliphatic heterocycles. The van der Waals surface area contributed by atoms with Gasteiger partial charge in [0.25, 0.3) is 5.91 Å². The van der Waals surface area contributed by atoms with Gasteiger partial charge in [0.2, 0.25) is 0 Å². The second-order valence-corrected chi connectivity index (χ2v) is 4.33. The first kappa shape index (κ1) is 15.5. The van der Waals surface area contributed by atoms with Crippen molar-refractivity contribution in [3.63, 3.8) is 0 Å². The molecule has 0 aliphatic carbocycles. The molecule has 0 atom stereocenters. The van der Waals surface area contributed by atoms with Crippen LogP contribution in [0.25, 0.3) is 0 Å². The van der Waals surface area contributed by atoms with Crippen LogP contribution in [-0.2, 0) is 20.3 Å². The Labute approximate surface area is 121 Å². The molecule has 2 rings (SSSR count). The monoisotopic (exact) mass is 317 g/mol. The molecule has 1 amide bonds. The molecule has 11 heteroatoms. The van der Waals surface area contributed by atoms with Gasteiger partial charge in [0.05, 0.1) is 11.9 Å². The van der Waals surface area contributed by atoms with Crippen molar-refractivity contribution < 1.29 is 27.9 Å². The number of carboxylic acids is 1. The van der Waals surface area contributed by atoms with Gasteiger partial charge in [-0.15, -0.1) is 0 Å². The predicted octanol–water partition coefficient (Wildman–Crippen LogP) is 1.12. The van der Waals surface area contributed by atoms with Crippen LogP contribution in [0, 0.1) is 0 Å². The summed E-state index contributed by atoms with van der Waals surface area (Å²) < 4.78 is 39.5. The van der Waals surface area contributed by atoms with Gasteiger partial charge in [-0.05, 0) is 0 Å². The zero-order valence-corrected chi connectivity index (χ0v) is 11.3. The number of alkyl halides is 3. The fourth-order valence-corrected chi connectivity index (χ4v) is 1.81. The standard InChI is InChI=1S/C11H10F3N5O3/c1-18-7(11(12,13)14)3-5(17-18)9(20)16-6-4-15-19(2)8(6)10(21)22/h3-4H,1-2H3,(H,16,20)(H,21,22). The van der Waals surface area contributed by atoms with Gasteiger partial charge < -0.3 is 10.4 Å². The number of aryl methyl sites for hydroxylation is 2. The van der Waals surface area contributed by atoms with E-state index in [4.69, 9.17) is 5.11 Å². The first-order valence-electron chi connectivity index (χ1n) is 5.79. The minimum absolute atomic E-state index is 0.140. The SMILES string of the molecule is Cn1nc(C(=O)Nc2cnn(C)c2C(=O)O)cc1C(F)(F)F. The maximum Gasteiger partial charge on any atom is 0.433 e. The second-order valence-electron chi connectivity index (χ2n) is 4.33. The molecule has 2 heterocycles. The van der Waals surface area contributed by atoms with Crippen LogP contribution in [0.2, 0.25) is 0 Å². The fraction of sp³-hybridized carbons (Fsp3) is 0.273. The van der Waals surface area contributed by atoms with Gasteiger partial charge >= 0.3 is 12.1 Å². The first-order valence-corrected chi connectivity index (χ1v) is 5.79. The number of aromatic nitrogens is 4. The van der Waals surface area contributed by atoms with E-state index >= 15 is 0 Å². The molecular formula is C11H10F3N5O3. The average molecular weight is 317 g/mol. The Bertz CT molecular complexity index is 747. The van der Waals surface area contributed by atoms with Crippen molar-refractivity contribution in [2.24, 2.45) is 14.1 Å². The molecule has 0 saturated carbocycles. The Balaban J connectivity index is 2.29. The average Bonchev–Trinajstić information content (AvgIpc) is 2.92. The zero-order valence-electron chi connectivity index (χ0n) is 11.3. The summed E-state index contributed by atoms with van der Waals surface area (Å²) in [7, 11) is 2.40. The smallest absolute Gasteiger partial charge is 0.433 e. The summed E-state index contributed by atoms with van der Waals surface area (Å²) in [5.41, 5.74) is -2.03. The molecule has 0 unspecified atom stereocenters. The van der Waals surface area contributed by atoms with Gasteiger partial charge in [-0.2, -0.15) is 23.4 Å². The van der Waals surface area contributed by atoms with Crippen LogP contribution in [0.5, 0.6) is 0 Å². The molecule has 0 fully saturated rings. The van der Waals surface area contributed by atoms with Gasteiger partial charge in [-0.1, -0.05) is 0 Å². The Kier molecular flexibility index (Phi) is 3.65. The number of rotatable bonds is 3. The van der Waals surface area contributed by atoms with E-state index in [-0.39, 0.29) is 11.4 Å². The number of aromatic carboxylic acids is 1. The Morgan fingerprint density at radius 2 is 1.91 bits per heavy atom. The summed E-state index contributed by atoms with van der Waals surface area (Å²) in [4.78, 5) is 22.9. The van der Waals surface area contributed by atoms with Gasteiger partial charge in [-0.25, -0.2) is 4.79 Å². The molecule has 0 aliphatic rings. The third-order valence-electron chi connectivity index (χ3n) is 2.79. The fourth-order valence-electron chi connectivity index (χ4n) is 1.81. The van der Waals surface area contributed by atoms with E-state index in [1.807, 2.05) is 0 Å². The molecule has 22 heavy (non-hydrogen) atoms. The molecule has 2 N–H and O–H groups in total. The summed E-state index contributed by atoms with van der Waals surface area (Å²) in [6.07, 6.45) is -3.57. The van der Waals surface area contributed by atoms with Crippen molar-refractivity contribution in [1.29, 1.82) is 0 Å². The summed E-state index contributed by atoms with van der Waals surface area (Å²) in [6, 6.07) is 0.576. The number of nitrogens with one attached hydrogen (secondary N) is 1. The second kappa shape index (κ2) is 5.16. The first-order chi connectivity index (χ1) is 10.1. The van der Waals surface area contributed by atoms with E-state index in [2.05, 4.69) is 15.5 Å². The third-order valence-corrected chi connectivity index (χ3v) is 2.79. The highest BCUT2D eigenvalue weighted by atomic mass is 19.4. The predicted molar refractivity (Wildman–Crippen MR) is 66.3 cm³/mol. The van der Waals surface area contributed by atoms with Crippen molar-refractivity contribution in [2.75, 3.05) is 5.32 Å². The number of anilines is 1. The van der Waals surface area contributed by atoms with Crippen LogP contribution in [-0.4, -0.2) is 36.5 Å². The van der Waals surface area contributed by atoms with E-state index in [1.165, 1.54) is 7.05 Å². The quantitative estimate of drug-likeness (QED) is 0.883. The Morgan fingerprint density at radius 3 is 2.41 bits per heavy atom. The summed E-state index contributed by atoms with van der Waals surface area (Å²) in [5, 5.41) is 18.3. The Hall–Kier alpha value is -2.85. The zero-order chi connectivity index (χ0) is 16.7. The molecule has 8 nitrogen and oxygen atoms in total. The molecule has 118 valence electrons. The van der Waals surface area contributed by atoms with Gasteiger partial charge in [0.15, 0.2) is 11.4 Å². The lowest BCUT2D eigenvalue weighted by atomic mass is 10.3. The minimum Gasteiger partial charge on any atom is -0.476 e. The third kappa shape index (κ3) is 2.77. The molecule has 2 aromatic heterocycles. The van der Waals surface area contributed by atoms with Crippen LogP contribution < -0.4 is 5.32 Å². The van der Waals surface area contributed by atoms with Gasteiger partial charge in [0, 0.05) is 20.2 Å². The van der Waals surface area contributed by atoms with Crippen molar-refractivity contribution in [2.45, 2.75) is 6.18 Å². The lowest BCUT2D eigenvalue weighted by Crippen LogP contribution is -2.16. The molecule has 0 aromatic carbocycles. The largest absolute Gasteiger partial charge is 0.476 e. The van der Waals surface area contributed by atoms with E-state index < -0.39 is 29.4 Å². The number of nitrogens with zero attached hydrogens (tertiary/aromatic N) is 4. The number of carbonyl (C=O) groups is 2. The molecule has 0 spiro atoms. The summed E-state index contributed by atoms with van der Waals surface area (Å²) >= 11 is 0. The highest BCUT2D eigenvalue weighted by molar-refractivity contribution is 6.06. The highest BCUT2D eigenvalue weighted by Crippen LogP contribution is 2.29. The van der Waals surface area contributed by atoms with Crippen LogP contribution in [0.4, 0.5) is 18.9 Å². The molecule has 2 aromatic rings. The van der Waals surface area contributed by atoms with Gasteiger partial charge in [-0.3, -0.25) is 14.2 Å². The number of carbonyl (C=O) groups excluding carboxylic acids is 1. The van der Waals surface area contributed by atoms with Crippen molar-refractivity contribution >= 4 is 17.6 Å². The van der Waals surface area contributed by atoms with Gasteiger partial charge in [0.1, 0.15) is 5.69 Å². The van der Waals surface area contributed by atoms with Crippen molar-refractivity contribution in [3.8, 4) is 0 Å². The minimum atomic E-state index is -4.65. The lowest BCUT2D eigenvalue weighted by molar-refractivity contribution is -0.143. The summed E-state index contributed by atoms with van der Waals surface area (Å²) in [5.74, 6) is -2.31. The maximum atomic E-state index is 12.6. The number of hydrogen-bond donors (Lipinski definition) is 2. The summed E-state index contributed by atoms with van der Waals surface area (Å²) in [6.45, 7) is 0. The molecule has 0 saturated heterocycles. The van der Waals surface area contributed by atoms with E-state index in [0.717, 1.165) is 17.9 Å². The normalized spacial score (nSPS) is 11.5. The molecule has 0 bridgehead atoms. The van der Waals surface area contributed by atoms with E-state index in [0.29, 0.717) is 10.7 Å². The highest BCUT2D eigenvalue weighted by Gasteiger charge is 2.35. The Morgan fingerprint density at radius 1 is 1.27 bits per heavy atom.